The molecule has 1 aromatic rings. The zero-order chi connectivity index (χ0) is 6.69. The third-order valence-electron chi connectivity index (χ3n) is 1.28. The van der Waals surface area contributed by atoms with Crippen molar-refractivity contribution in [1.29, 1.82) is 0 Å². The summed E-state index contributed by atoms with van der Waals surface area (Å²) in [5, 5.41) is 0. The Morgan fingerprint density at radius 1 is 1.70 bits per heavy atom. The van der Waals surface area contributed by atoms with E-state index in [0.717, 1.165) is 12.1 Å². The van der Waals surface area contributed by atoms with Crippen molar-refractivity contribution in [2.24, 2.45) is 0 Å². The van der Waals surface area contributed by atoms with E-state index >= 15 is 0 Å². The van der Waals surface area contributed by atoms with Gasteiger partial charge < -0.3 is 4.57 Å². The highest BCUT2D eigenvalue weighted by Crippen LogP contribution is 2.02. The van der Waals surface area contributed by atoms with Crippen LogP contribution >= 0.6 is 12.4 Å². The number of hydrogen-bond acceptors (Lipinski definition) is 1. The SMILES string of the molecule is C=C(CC)n1ccnc1.Cl. The van der Waals surface area contributed by atoms with E-state index in [1.807, 2.05) is 10.8 Å². The summed E-state index contributed by atoms with van der Waals surface area (Å²) in [7, 11) is 0. The van der Waals surface area contributed by atoms with Gasteiger partial charge in [0.1, 0.15) is 0 Å². The fourth-order valence-corrected chi connectivity index (χ4v) is 0.629. The summed E-state index contributed by atoms with van der Waals surface area (Å²) in [5.74, 6) is 0. The second kappa shape index (κ2) is 4.12. The maximum Gasteiger partial charge on any atom is 0.0988 e. The molecule has 0 aliphatic heterocycles. The molecule has 1 heterocycles. The van der Waals surface area contributed by atoms with Crippen LogP contribution in [0.25, 0.3) is 5.70 Å². The molecule has 1 rings (SSSR count). The van der Waals surface area contributed by atoms with Crippen LogP contribution in [0, 0.1) is 0 Å². The van der Waals surface area contributed by atoms with Gasteiger partial charge in [0.05, 0.1) is 6.33 Å². The van der Waals surface area contributed by atoms with Crippen LogP contribution in [0.1, 0.15) is 13.3 Å². The Labute approximate surface area is 67.0 Å². The van der Waals surface area contributed by atoms with Gasteiger partial charge in [0.2, 0.25) is 0 Å². The Bertz CT molecular complexity index is 191. The van der Waals surface area contributed by atoms with Crippen LogP contribution in [-0.2, 0) is 0 Å². The molecule has 3 heteroatoms. The van der Waals surface area contributed by atoms with Gasteiger partial charge in [0.25, 0.3) is 0 Å². The van der Waals surface area contributed by atoms with E-state index in [9.17, 15) is 0 Å². The molecule has 0 aliphatic carbocycles. The fraction of sp³-hybridized carbons (Fsp3) is 0.286. The lowest BCUT2D eigenvalue weighted by Gasteiger charge is -1.99. The van der Waals surface area contributed by atoms with Gasteiger partial charge in [-0.1, -0.05) is 13.5 Å². The number of aromatic nitrogens is 2. The average Bonchev–Trinajstić information content (AvgIpc) is 2.37. The zero-order valence-corrected chi connectivity index (χ0v) is 6.77. The van der Waals surface area contributed by atoms with Crippen molar-refractivity contribution in [2.45, 2.75) is 13.3 Å². The molecule has 0 bridgehead atoms. The Morgan fingerprint density at radius 3 is 2.80 bits per heavy atom. The van der Waals surface area contributed by atoms with Crippen molar-refractivity contribution >= 4 is 18.1 Å². The lowest BCUT2D eigenvalue weighted by atomic mass is 10.4. The maximum atomic E-state index is 3.89. The lowest BCUT2D eigenvalue weighted by molar-refractivity contribution is 1.01. The first kappa shape index (κ1) is 9.24. The highest BCUT2D eigenvalue weighted by Gasteiger charge is 1.89. The summed E-state index contributed by atoms with van der Waals surface area (Å²) >= 11 is 0. The molecule has 0 N–H and O–H groups in total. The van der Waals surface area contributed by atoms with Crippen molar-refractivity contribution in [3.63, 3.8) is 0 Å². The van der Waals surface area contributed by atoms with Crippen LogP contribution in [0.5, 0.6) is 0 Å². The minimum Gasteiger partial charge on any atom is -0.311 e. The van der Waals surface area contributed by atoms with Crippen molar-refractivity contribution in [3.05, 3.63) is 25.3 Å². The minimum atomic E-state index is 0. The Kier molecular flexibility index (Phi) is 3.81. The average molecular weight is 159 g/mol. The Balaban J connectivity index is 0.000000810. The quantitative estimate of drug-likeness (QED) is 0.645. The van der Waals surface area contributed by atoms with E-state index in [-0.39, 0.29) is 12.4 Å². The molecule has 10 heavy (non-hydrogen) atoms. The molecule has 0 fully saturated rings. The molecular weight excluding hydrogens is 148 g/mol. The second-order valence-corrected chi connectivity index (χ2v) is 1.89. The van der Waals surface area contributed by atoms with Gasteiger partial charge >= 0.3 is 0 Å². The van der Waals surface area contributed by atoms with Crippen LogP contribution in [0.15, 0.2) is 25.3 Å². The van der Waals surface area contributed by atoms with Gasteiger partial charge in [-0.3, -0.25) is 0 Å². The summed E-state index contributed by atoms with van der Waals surface area (Å²) in [6.07, 6.45) is 6.37. The van der Waals surface area contributed by atoms with Crippen molar-refractivity contribution in [3.8, 4) is 0 Å². The van der Waals surface area contributed by atoms with Crippen LogP contribution < -0.4 is 0 Å². The smallest absolute Gasteiger partial charge is 0.0988 e. The van der Waals surface area contributed by atoms with Gasteiger partial charge in [0, 0.05) is 18.1 Å². The molecule has 0 atom stereocenters. The van der Waals surface area contributed by atoms with E-state index < -0.39 is 0 Å². The number of allylic oxidation sites excluding steroid dienone is 1. The number of rotatable bonds is 2. The maximum absolute atomic E-state index is 3.89. The topological polar surface area (TPSA) is 17.8 Å². The molecule has 0 saturated carbocycles. The number of halogens is 1. The molecule has 0 radical (unpaired) electrons. The molecule has 0 aromatic carbocycles. The number of imidazole rings is 1. The van der Waals surface area contributed by atoms with Crippen LogP contribution in [0.4, 0.5) is 0 Å². The van der Waals surface area contributed by atoms with Gasteiger partial charge in [-0.25, -0.2) is 4.98 Å². The molecule has 2 nitrogen and oxygen atoms in total. The van der Waals surface area contributed by atoms with Crippen LogP contribution in [0.2, 0.25) is 0 Å². The van der Waals surface area contributed by atoms with Gasteiger partial charge in [-0.05, 0) is 6.42 Å². The Morgan fingerprint density at radius 2 is 2.40 bits per heavy atom. The summed E-state index contributed by atoms with van der Waals surface area (Å²) in [4.78, 5) is 3.89. The first-order chi connectivity index (χ1) is 4.34. The summed E-state index contributed by atoms with van der Waals surface area (Å²) in [6, 6.07) is 0. The first-order valence-corrected chi connectivity index (χ1v) is 3.00. The summed E-state index contributed by atoms with van der Waals surface area (Å²) < 4.78 is 1.92. The second-order valence-electron chi connectivity index (χ2n) is 1.89. The van der Waals surface area contributed by atoms with Crippen LogP contribution in [0.3, 0.4) is 0 Å². The van der Waals surface area contributed by atoms with Crippen molar-refractivity contribution in [2.75, 3.05) is 0 Å². The molecule has 0 saturated heterocycles. The molecular formula is C7H11ClN2. The normalized spacial score (nSPS) is 8.50. The molecule has 0 spiro atoms. The predicted octanol–water partition coefficient (Wildman–Crippen LogP) is 2.19. The van der Waals surface area contributed by atoms with E-state index in [1.54, 1.807) is 12.5 Å². The summed E-state index contributed by atoms with van der Waals surface area (Å²) in [5.41, 5.74) is 1.08. The molecule has 0 amide bonds. The first-order valence-electron chi connectivity index (χ1n) is 3.00. The minimum absolute atomic E-state index is 0. The molecule has 1 aromatic heterocycles. The highest BCUT2D eigenvalue weighted by atomic mass is 35.5. The molecule has 56 valence electrons. The molecule has 0 aliphatic rings. The van der Waals surface area contributed by atoms with E-state index in [4.69, 9.17) is 0 Å². The number of nitrogens with zero attached hydrogens (tertiary/aromatic N) is 2. The van der Waals surface area contributed by atoms with Crippen molar-refractivity contribution in [1.82, 2.24) is 9.55 Å². The Hall–Kier alpha value is -0.760. The lowest BCUT2D eigenvalue weighted by Crippen LogP contribution is -1.88. The number of hydrogen-bond donors (Lipinski definition) is 0. The van der Waals surface area contributed by atoms with Gasteiger partial charge in [-0.15, -0.1) is 12.4 Å². The van der Waals surface area contributed by atoms with E-state index in [1.165, 1.54) is 0 Å². The van der Waals surface area contributed by atoms with Crippen molar-refractivity contribution < 1.29 is 0 Å². The largest absolute Gasteiger partial charge is 0.311 e. The zero-order valence-electron chi connectivity index (χ0n) is 5.95. The van der Waals surface area contributed by atoms with Crippen LogP contribution in [-0.4, -0.2) is 9.55 Å². The molecule has 0 unspecified atom stereocenters. The van der Waals surface area contributed by atoms with E-state index in [2.05, 4.69) is 18.5 Å². The van der Waals surface area contributed by atoms with Gasteiger partial charge in [-0.2, -0.15) is 0 Å². The fourth-order valence-electron chi connectivity index (χ4n) is 0.629. The monoisotopic (exact) mass is 158 g/mol. The highest BCUT2D eigenvalue weighted by molar-refractivity contribution is 5.85. The predicted molar refractivity (Wildman–Crippen MR) is 45.1 cm³/mol. The third-order valence-corrected chi connectivity index (χ3v) is 1.28. The summed E-state index contributed by atoms with van der Waals surface area (Å²) in [6.45, 7) is 5.91. The van der Waals surface area contributed by atoms with E-state index in [0.29, 0.717) is 0 Å². The standard InChI is InChI=1S/C7H10N2.ClH/c1-3-7(2)9-5-4-8-6-9;/h4-6H,2-3H2,1H3;1H. The van der Waals surface area contributed by atoms with Gasteiger partial charge in [0.15, 0.2) is 0 Å². The third kappa shape index (κ3) is 1.88.